The highest BCUT2D eigenvalue weighted by atomic mass is 15.2. The summed E-state index contributed by atoms with van der Waals surface area (Å²) in [6.45, 7) is 2.01. The first kappa shape index (κ1) is 12.7. The Hall–Kier alpha value is -2.30. The number of pyridine rings is 2. The summed E-state index contributed by atoms with van der Waals surface area (Å²) in [4.78, 5) is 8.90. The molecule has 0 aliphatic heterocycles. The highest BCUT2D eigenvalue weighted by Gasteiger charge is 2.14. The molecule has 1 atom stereocenters. The summed E-state index contributed by atoms with van der Waals surface area (Å²) in [5.41, 5.74) is 6.79. The molecule has 0 spiro atoms. The summed E-state index contributed by atoms with van der Waals surface area (Å²) in [6.07, 6.45) is 3.64. The van der Waals surface area contributed by atoms with Gasteiger partial charge in [-0.05, 0) is 30.2 Å². The minimum atomic E-state index is -0.160. The minimum Gasteiger partial charge on any atom is -0.271 e. The molecule has 4 nitrogen and oxygen atoms in total. The standard InChI is InChI=1S/C16H16N4/c1-11-8-13(10-18-9-11)16(20-17)15-7-6-12-4-2-3-5-14(12)19-15/h2-10,16,20H,17H2,1H3. The lowest BCUT2D eigenvalue weighted by Crippen LogP contribution is -2.29. The van der Waals surface area contributed by atoms with Crippen molar-refractivity contribution in [2.75, 3.05) is 0 Å². The van der Waals surface area contributed by atoms with Gasteiger partial charge in [-0.25, -0.2) is 5.43 Å². The minimum absolute atomic E-state index is 0.160. The summed E-state index contributed by atoms with van der Waals surface area (Å²) in [5, 5.41) is 1.12. The molecule has 20 heavy (non-hydrogen) atoms. The molecule has 3 N–H and O–H groups in total. The monoisotopic (exact) mass is 264 g/mol. The third kappa shape index (κ3) is 2.39. The van der Waals surface area contributed by atoms with Crippen molar-refractivity contribution in [1.29, 1.82) is 0 Å². The van der Waals surface area contributed by atoms with Crippen molar-refractivity contribution in [3.05, 3.63) is 71.7 Å². The van der Waals surface area contributed by atoms with Gasteiger partial charge in [-0.3, -0.25) is 15.8 Å². The average molecular weight is 264 g/mol. The van der Waals surface area contributed by atoms with Crippen LogP contribution >= 0.6 is 0 Å². The van der Waals surface area contributed by atoms with E-state index < -0.39 is 0 Å². The van der Waals surface area contributed by atoms with E-state index >= 15 is 0 Å². The summed E-state index contributed by atoms with van der Waals surface area (Å²) in [7, 11) is 0. The number of nitrogens with two attached hydrogens (primary N) is 1. The number of aromatic nitrogens is 2. The van der Waals surface area contributed by atoms with Gasteiger partial charge in [0, 0.05) is 17.8 Å². The van der Waals surface area contributed by atoms with Gasteiger partial charge in [0.15, 0.2) is 0 Å². The van der Waals surface area contributed by atoms with Crippen molar-refractivity contribution < 1.29 is 0 Å². The van der Waals surface area contributed by atoms with Gasteiger partial charge in [-0.15, -0.1) is 0 Å². The smallest absolute Gasteiger partial charge is 0.0896 e. The van der Waals surface area contributed by atoms with E-state index in [9.17, 15) is 0 Å². The molecule has 1 aromatic carbocycles. The topological polar surface area (TPSA) is 63.8 Å². The number of hydrogen-bond donors (Lipinski definition) is 2. The number of nitrogens with one attached hydrogen (secondary N) is 1. The molecular weight excluding hydrogens is 248 g/mol. The van der Waals surface area contributed by atoms with Crippen molar-refractivity contribution in [2.24, 2.45) is 5.84 Å². The Morgan fingerprint density at radius 1 is 1.10 bits per heavy atom. The second-order valence-electron chi connectivity index (χ2n) is 4.82. The van der Waals surface area contributed by atoms with Crippen molar-refractivity contribution >= 4 is 10.9 Å². The number of para-hydroxylation sites is 1. The van der Waals surface area contributed by atoms with Crippen LogP contribution in [0.5, 0.6) is 0 Å². The predicted octanol–water partition coefficient (Wildman–Crippen LogP) is 2.49. The molecule has 0 radical (unpaired) electrons. The van der Waals surface area contributed by atoms with Crippen LogP contribution in [0.1, 0.15) is 22.9 Å². The van der Waals surface area contributed by atoms with E-state index in [0.717, 1.165) is 27.7 Å². The molecule has 4 heteroatoms. The number of hydrazine groups is 1. The zero-order chi connectivity index (χ0) is 13.9. The molecule has 0 bridgehead atoms. The number of rotatable bonds is 3. The maximum atomic E-state index is 5.71. The van der Waals surface area contributed by atoms with Crippen LogP contribution < -0.4 is 11.3 Å². The van der Waals surface area contributed by atoms with Gasteiger partial charge < -0.3 is 0 Å². The van der Waals surface area contributed by atoms with Gasteiger partial charge in [-0.2, -0.15) is 0 Å². The van der Waals surface area contributed by atoms with E-state index in [1.807, 2.05) is 49.6 Å². The Balaban J connectivity index is 2.07. The first-order valence-corrected chi connectivity index (χ1v) is 6.51. The van der Waals surface area contributed by atoms with E-state index in [2.05, 4.69) is 27.5 Å². The molecule has 0 amide bonds. The summed E-state index contributed by atoms with van der Waals surface area (Å²) in [6, 6.07) is 14.0. The molecular formula is C16H16N4. The lowest BCUT2D eigenvalue weighted by molar-refractivity contribution is 0.620. The van der Waals surface area contributed by atoms with Crippen LogP contribution in [0, 0.1) is 6.92 Å². The molecule has 2 heterocycles. The molecule has 0 fully saturated rings. The molecule has 0 aliphatic rings. The molecule has 2 aromatic heterocycles. The van der Waals surface area contributed by atoms with E-state index in [0.29, 0.717) is 0 Å². The van der Waals surface area contributed by atoms with Gasteiger partial charge in [0.25, 0.3) is 0 Å². The fourth-order valence-corrected chi connectivity index (χ4v) is 2.33. The first-order chi connectivity index (χ1) is 9.78. The Morgan fingerprint density at radius 3 is 2.75 bits per heavy atom. The lowest BCUT2D eigenvalue weighted by atomic mass is 10.0. The van der Waals surface area contributed by atoms with Crippen molar-refractivity contribution in [3.63, 3.8) is 0 Å². The van der Waals surface area contributed by atoms with Gasteiger partial charge in [0.1, 0.15) is 0 Å². The second-order valence-corrected chi connectivity index (χ2v) is 4.82. The molecule has 100 valence electrons. The highest BCUT2D eigenvalue weighted by Crippen LogP contribution is 2.22. The molecule has 0 aliphatic carbocycles. The Kier molecular flexibility index (Phi) is 3.41. The number of hydrogen-bond acceptors (Lipinski definition) is 4. The van der Waals surface area contributed by atoms with Crippen LogP contribution in [-0.2, 0) is 0 Å². The number of aryl methyl sites for hydroxylation is 1. The Bertz CT molecular complexity index is 739. The highest BCUT2D eigenvalue weighted by molar-refractivity contribution is 5.78. The van der Waals surface area contributed by atoms with Gasteiger partial charge >= 0.3 is 0 Å². The molecule has 0 saturated heterocycles. The van der Waals surface area contributed by atoms with Crippen LogP contribution in [0.15, 0.2) is 54.9 Å². The average Bonchev–Trinajstić information content (AvgIpc) is 2.48. The van der Waals surface area contributed by atoms with Crippen LogP contribution in [0.2, 0.25) is 0 Å². The van der Waals surface area contributed by atoms with Gasteiger partial charge in [-0.1, -0.05) is 30.3 Å². The van der Waals surface area contributed by atoms with Crippen LogP contribution in [0.4, 0.5) is 0 Å². The maximum Gasteiger partial charge on any atom is 0.0896 e. The SMILES string of the molecule is Cc1cncc(C(NN)c2ccc3ccccc3n2)c1. The van der Waals surface area contributed by atoms with E-state index in [1.54, 1.807) is 0 Å². The van der Waals surface area contributed by atoms with Crippen molar-refractivity contribution in [2.45, 2.75) is 13.0 Å². The number of fused-ring (bicyclic) bond motifs is 1. The Labute approximate surface area is 117 Å². The summed E-state index contributed by atoms with van der Waals surface area (Å²) < 4.78 is 0. The van der Waals surface area contributed by atoms with Crippen LogP contribution in [-0.4, -0.2) is 9.97 Å². The maximum absolute atomic E-state index is 5.71. The van der Waals surface area contributed by atoms with Crippen molar-refractivity contribution in [3.8, 4) is 0 Å². The third-order valence-electron chi connectivity index (χ3n) is 3.31. The normalized spacial score (nSPS) is 12.5. The summed E-state index contributed by atoms with van der Waals surface area (Å²) >= 11 is 0. The number of benzene rings is 1. The molecule has 3 aromatic rings. The molecule has 1 unspecified atom stereocenters. The summed E-state index contributed by atoms with van der Waals surface area (Å²) in [5.74, 6) is 5.71. The zero-order valence-electron chi connectivity index (χ0n) is 11.2. The fraction of sp³-hybridized carbons (Fsp3) is 0.125. The quantitative estimate of drug-likeness (QED) is 0.563. The Morgan fingerprint density at radius 2 is 1.95 bits per heavy atom. The van der Waals surface area contributed by atoms with Crippen molar-refractivity contribution in [1.82, 2.24) is 15.4 Å². The van der Waals surface area contributed by atoms with Crippen LogP contribution in [0.3, 0.4) is 0 Å². The van der Waals surface area contributed by atoms with E-state index in [1.165, 1.54) is 0 Å². The van der Waals surface area contributed by atoms with Gasteiger partial charge in [0.05, 0.1) is 17.3 Å². The largest absolute Gasteiger partial charge is 0.271 e. The number of nitrogens with zero attached hydrogens (tertiary/aromatic N) is 2. The molecule has 3 rings (SSSR count). The van der Waals surface area contributed by atoms with Crippen LogP contribution in [0.25, 0.3) is 10.9 Å². The van der Waals surface area contributed by atoms with E-state index in [4.69, 9.17) is 5.84 Å². The first-order valence-electron chi connectivity index (χ1n) is 6.51. The zero-order valence-corrected chi connectivity index (χ0v) is 11.2. The third-order valence-corrected chi connectivity index (χ3v) is 3.31. The van der Waals surface area contributed by atoms with E-state index in [-0.39, 0.29) is 6.04 Å². The molecule has 0 saturated carbocycles. The predicted molar refractivity (Wildman–Crippen MR) is 79.9 cm³/mol. The second kappa shape index (κ2) is 5.36. The lowest BCUT2D eigenvalue weighted by Gasteiger charge is -2.16. The van der Waals surface area contributed by atoms with Gasteiger partial charge in [0.2, 0.25) is 0 Å². The fourth-order valence-electron chi connectivity index (χ4n) is 2.33.